The van der Waals surface area contributed by atoms with E-state index in [-0.39, 0.29) is 27.0 Å². The summed E-state index contributed by atoms with van der Waals surface area (Å²) in [6.45, 7) is -0.524. The summed E-state index contributed by atoms with van der Waals surface area (Å²) in [7, 11) is 0. The molecule has 3 heterocycles. The maximum atomic E-state index is 11.4. The molecule has 0 bridgehead atoms. The fourth-order valence-electron chi connectivity index (χ4n) is 3.23. The van der Waals surface area contributed by atoms with E-state index >= 15 is 0 Å². The molecule has 1 fully saturated rings. The van der Waals surface area contributed by atoms with Crippen LogP contribution in [0, 0.1) is 20.2 Å². The van der Waals surface area contributed by atoms with Crippen LogP contribution in [-0.2, 0) is 4.74 Å². The van der Waals surface area contributed by atoms with Crippen LogP contribution >= 0.6 is 11.8 Å². The number of nitrogens with two attached hydrogens (primary N) is 1. The number of nitro benzene ring substituents is 2. The molecule has 0 radical (unpaired) electrons. The highest BCUT2D eigenvalue weighted by Crippen LogP contribution is 2.39. The third-order valence-electron chi connectivity index (χ3n) is 4.75. The van der Waals surface area contributed by atoms with E-state index < -0.39 is 52.4 Å². The Balaban J connectivity index is 1.76. The van der Waals surface area contributed by atoms with E-state index in [1.165, 1.54) is 17.0 Å². The van der Waals surface area contributed by atoms with Crippen molar-refractivity contribution in [2.45, 2.75) is 34.5 Å². The van der Waals surface area contributed by atoms with E-state index in [0.29, 0.717) is 0 Å². The first-order valence-corrected chi connectivity index (χ1v) is 9.76. The SMILES string of the molecule is Nc1nc(Sc2ccc([N+](=O)[O-])cc2[N+](=O)[O-])c2ncn([C@@H]3O[C@H](CO)[C@@H](O)[C@H]3O)c2n1. The summed E-state index contributed by atoms with van der Waals surface area (Å²) in [5.41, 5.74) is 5.12. The van der Waals surface area contributed by atoms with E-state index in [1.54, 1.807) is 0 Å². The van der Waals surface area contributed by atoms with Crippen LogP contribution < -0.4 is 5.73 Å². The second-order valence-corrected chi connectivity index (χ2v) is 7.74. The molecule has 4 rings (SSSR count). The second kappa shape index (κ2) is 8.24. The number of aliphatic hydroxyl groups is 3. The third kappa shape index (κ3) is 3.69. The number of ether oxygens (including phenoxy) is 1. The van der Waals surface area contributed by atoms with Gasteiger partial charge in [-0.3, -0.25) is 24.8 Å². The number of fused-ring (bicyclic) bond motifs is 1. The Bertz CT molecular complexity index is 1220. The minimum absolute atomic E-state index is 0.0578. The molecule has 0 spiro atoms. The Kier molecular flexibility index (Phi) is 5.61. The lowest BCUT2D eigenvalue weighted by Gasteiger charge is -2.16. The summed E-state index contributed by atoms with van der Waals surface area (Å²) >= 11 is 0.805. The smallest absolute Gasteiger partial charge is 0.290 e. The van der Waals surface area contributed by atoms with Crippen LogP contribution in [0.1, 0.15) is 6.23 Å². The lowest BCUT2D eigenvalue weighted by Crippen LogP contribution is -2.33. The lowest BCUT2D eigenvalue weighted by molar-refractivity contribution is -0.396. The van der Waals surface area contributed by atoms with E-state index in [1.807, 2.05) is 0 Å². The van der Waals surface area contributed by atoms with Crippen molar-refractivity contribution < 1.29 is 29.9 Å². The molecule has 0 aliphatic carbocycles. The van der Waals surface area contributed by atoms with Gasteiger partial charge < -0.3 is 25.8 Å². The fourth-order valence-corrected chi connectivity index (χ4v) is 4.19. The quantitative estimate of drug-likeness (QED) is 0.213. The van der Waals surface area contributed by atoms with Gasteiger partial charge in [-0.25, -0.2) is 9.97 Å². The lowest BCUT2D eigenvalue weighted by atomic mass is 10.1. The normalized spacial score (nSPS) is 23.0. The third-order valence-corrected chi connectivity index (χ3v) is 5.80. The summed E-state index contributed by atoms with van der Waals surface area (Å²) < 4.78 is 6.78. The van der Waals surface area contributed by atoms with Gasteiger partial charge in [0.25, 0.3) is 11.4 Å². The standard InChI is InChI=1S/C16H15N7O8S/c17-16-19-13-10(18-5-21(13)15-12(26)11(25)8(4-24)31-15)14(20-16)32-9-2-1-6(22(27)28)3-7(9)23(29)30/h1-3,5,8,11-12,15,24-26H,4H2,(H2,17,19,20)/t8-,11-,12-,15-/m1/s1. The highest BCUT2D eigenvalue weighted by atomic mass is 32.2. The molecule has 2 aromatic heterocycles. The molecule has 16 heteroatoms. The van der Waals surface area contributed by atoms with Crippen LogP contribution in [0.15, 0.2) is 34.4 Å². The minimum Gasteiger partial charge on any atom is -0.394 e. The average Bonchev–Trinajstić information content (AvgIpc) is 3.29. The maximum absolute atomic E-state index is 11.4. The molecule has 1 aromatic carbocycles. The molecule has 1 aliphatic heterocycles. The van der Waals surface area contributed by atoms with Gasteiger partial charge in [0, 0.05) is 6.07 Å². The Morgan fingerprint density at radius 2 is 1.94 bits per heavy atom. The number of aliphatic hydroxyl groups excluding tert-OH is 3. The maximum Gasteiger partial charge on any atom is 0.290 e. The number of anilines is 1. The Hall–Kier alpha value is -3.44. The van der Waals surface area contributed by atoms with Crippen LogP contribution in [0.25, 0.3) is 11.2 Å². The molecule has 168 valence electrons. The van der Waals surface area contributed by atoms with E-state index in [9.17, 15) is 35.5 Å². The Morgan fingerprint density at radius 3 is 2.56 bits per heavy atom. The Labute approximate surface area is 181 Å². The van der Waals surface area contributed by atoms with E-state index in [4.69, 9.17) is 10.5 Å². The van der Waals surface area contributed by atoms with Gasteiger partial charge in [0.2, 0.25) is 5.95 Å². The van der Waals surface area contributed by atoms with Crippen LogP contribution in [0.5, 0.6) is 0 Å². The fraction of sp³-hybridized carbons (Fsp3) is 0.312. The van der Waals surface area contributed by atoms with Crippen molar-refractivity contribution in [3.05, 3.63) is 44.8 Å². The zero-order valence-electron chi connectivity index (χ0n) is 15.9. The first kappa shape index (κ1) is 21.8. The number of hydrogen-bond donors (Lipinski definition) is 4. The zero-order valence-corrected chi connectivity index (χ0v) is 16.7. The minimum atomic E-state index is -1.40. The van der Waals surface area contributed by atoms with Crippen LogP contribution in [0.4, 0.5) is 17.3 Å². The number of nitrogens with zero attached hydrogens (tertiary/aromatic N) is 6. The van der Waals surface area contributed by atoms with E-state index in [0.717, 1.165) is 23.9 Å². The summed E-state index contributed by atoms with van der Waals surface area (Å²) in [6, 6.07) is 3.17. The molecular formula is C16H15N7O8S. The Morgan fingerprint density at radius 1 is 1.19 bits per heavy atom. The van der Waals surface area contributed by atoms with Gasteiger partial charge in [-0.15, -0.1) is 0 Å². The largest absolute Gasteiger partial charge is 0.394 e. The van der Waals surface area contributed by atoms with Gasteiger partial charge in [-0.05, 0) is 6.07 Å². The summed E-state index contributed by atoms with van der Waals surface area (Å²) in [5, 5.41) is 52.1. The number of rotatable bonds is 6. The molecule has 1 aliphatic rings. The van der Waals surface area contributed by atoms with Crippen molar-refractivity contribution in [1.29, 1.82) is 0 Å². The number of nitro groups is 2. The summed E-state index contributed by atoms with van der Waals surface area (Å²) in [5.74, 6) is -0.210. The van der Waals surface area contributed by atoms with E-state index in [2.05, 4.69) is 15.0 Å². The molecule has 32 heavy (non-hydrogen) atoms. The number of nitrogen functional groups attached to an aromatic ring is 1. The number of aromatic nitrogens is 4. The molecule has 4 atom stereocenters. The van der Waals surface area contributed by atoms with Gasteiger partial charge in [-0.2, -0.15) is 4.98 Å². The summed E-state index contributed by atoms with van der Waals surface area (Å²) in [6.07, 6.45) is -3.64. The van der Waals surface area contributed by atoms with Gasteiger partial charge in [0.05, 0.1) is 33.7 Å². The van der Waals surface area contributed by atoms with Crippen molar-refractivity contribution in [3.63, 3.8) is 0 Å². The molecule has 5 N–H and O–H groups in total. The number of imidazole rings is 1. The predicted octanol–water partition coefficient (Wildman–Crippen LogP) is -0.0124. The van der Waals surface area contributed by atoms with Gasteiger partial charge >= 0.3 is 0 Å². The molecule has 1 saturated heterocycles. The van der Waals surface area contributed by atoms with Crippen LogP contribution in [0.3, 0.4) is 0 Å². The molecule has 0 saturated carbocycles. The number of hydrogen-bond acceptors (Lipinski definition) is 13. The topological polar surface area (TPSA) is 226 Å². The van der Waals surface area contributed by atoms with Crippen LogP contribution in [-0.4, -0.2) is 69.6 Å². The zero-order chi connectivity index (χ0) is 23.2. The van der Waals surface area contributed by atoms with Crippen molar-refractivity contribution in [2.75, 3.05) is 12.3 Å². The van der Waals surface area contributed by atoms with Crippen molar-refractivity contribution >= 4 is 40.2 Å². The predicted molar refractivity (Wildman–Crippen MR) is 107 cm³/mol. The number of non-ortho nitro benzene ring substituents is 1. The van der Waals surface area contributed by atoms with Crippen molar-refractivity contribution in [2.24, 2.45) is 0 Å². The molecular weight excluding hydrogens is 450 g/mol. The highest BCUT2D eigenvalue weighted by molar-refractivity contribution is 7.99. The molecule has 15 nitrogen and oxygen atoms in total. The monoisotopic (exact) mass is 465 g/mol. The second-order valence-electron chi connectivity index (χ2n) is 6.71. The van der Waals surface area contributed by atoms with Gasteiger partial charge in [-0.1, -0.05) is 11.8 Å². The highest BCUT2D eigenvalue weighted by Gasteiger charge is 2.44. The first-order chi connectivity index (χ1) is 15.2. The molecule has 0 unspecified atom stereocenters. The molecule has 3 aromatic rings. The van der Waals surface area contributed by atoms with Crippen molar-refractivity contribution in [1.82, 2.24) is 19.5 Å². The van der Waals surface area contributed by atoms with Gasteiger partial charge in [0.15, 0.2) is 11.9 Å². The summed E-state index contributed by atoms with van der Waals surface area (Å²) in [4.78, 5) is 33.3. The van der Waals surface area contributed by atoms with Gasteiger partial charge in [0.1, 0.15) is 28.9 Å². The molecule has 0 amide bonds. The average molecular weight is 465 g/mol. The van der Waals surface area contributed by atoms with Crippen LogP contribution in [0.2, 0.25) is 0 Å². The van der Waals surface area contributed by atoms with Crippen molar-refractivity contribution in [3.8, 4) is 0 Å². The first-order valence-electron chi connectivity index (χ1n) is 8.94. The number of benzene rings is 1.